The summed E-state index contributed by atoms with van der Waals surface area (Å²) in [7, 11) is 0. The van der Waals surface area contributed by atoms with Gasteiger partial charge in [-0.15, -0.1) is 0 Å². The Bertz CT molecular complexity index is 404. The minimum atomic E-state index is -0.0232. The normalized spacial score (nSPS) is 32.6. The highest BCUT2D eigenvalue weighted by Gasteiger charge is 2.41. The Morgan fingerprint density at radius 3 is 3.16 bits per heavy atom. The van der Waals surface area contributed by atoms with Crippen LogP contribution in [0.1, 0.15) is 37.8 Å². The number of nitrogens with zero attached hydrogens (tertiary/aromatic N) is 1. The van der Waals surface area contributed by atoms with Gasteiger partial charge in [0, 0.05) is 44.1 Å². The summed E-state index contributed by atoms with van der Waals surface area (Å²) in [5.74, 6) is 0. The fourth-order valence-electron chi connectivity index (χ4n) is 3.12. The Hall–Kier alpha value is -0.970. The molecular formula is C15H22N2O2. The van der Waals surface area contributed by atoms with E-state index in [9.17, 15) is 0 Å². The highest BCUT2D eigenvalue weighted by molar-refractivity contribution is 5.13. The standard InChI is InChI=1S/C15H22N2O2/c1-12(13-3-2-6-16-10-13)17-14-4-7-19-15(9-14)5-8-18-11-15/h2-3,6,10,12,14,17H,4-5,7-9,11H2,1H3/t12-,14?,15?/m0/s1. The lowest BCUT2D eigenvalue weighted by molar-refractivity contribution is -0.0902. The quantitative estimate of drug-likeness (QED) is 0.905. The second-order valence-corrected chi connectivity index (χ2v) is 5.70. The number of aromatic nitrogens is 1. The van der Waals surface area contributed by atoms with Crippen molar-refractivity contribution in [1.82, 2.24) is 10.3 Å². The summed E-state index contributed by atoms with van der Waals surface area (Å²) in [6, 6.07) is 4.95. The maximum absolute atomic E-state index is 5.97. The van der Waals surface area contributed by atoms with Gasteiger partial charge < -0.3 is 14.8 Å². The van der Waals surface area contributed by atoms with E-state index in [2.05, 4.69) is 23.3 Å². The van der Waals surface area contributed by atoms with E-state index in [4.69, 9.17) is 9.47 Å². The fraction of sp³-hybridized carbons (Fsp3) is 0.667. The number of hydrogen-bond donors (Lipinski definition) is 1. The van der Waals surface area contributed by atoms with Gasteiger partial charge in [0.25, 0.3) is 0 Å². The first-order chi connectivity index (χ1) is 9.27. The van der Waals surface area contributed by atoms with Crippen molar-refractivity contribution < 1.29 is 9.47 Å². The van der Waals surface area contributed by atoms with Gasteiger partial charge in [-0.1, -0.05) is 6.07 Å². The van der Waals surface area contributed by atoms with Crippen molar-refractivity contribution in [2.24, 2.45) is 0 Å². The molecule has 104 valence electrons. The smallest absolute Gasteiger partial charge is 0.0951 e. The Labute approximate surface area is 114 Å². The average molecular weight is 262 g/mol. The molecule has 1 aromatic rings. The number of pyridine rings is 1. The molecule has 0 amide bonds. The fourth-order valence-corrected chi connectivity index (χ4v) is 3.12. The lowest BCUT2D eigenvalue weighted by Crippen LogP contribution is -2.48. The van der Waals surface area contributed by atoms with Crippen LogP contribution >= 0.6 is 0 Å². The summed E-state index contributed by atoms with van der Waals surface area (Å²) < 4.78 is 11.5. The van der Waals surface area contributed by atoms with Crippen molar-refractivity contribution in [3.05, 3.63) is 30.1 Å². The van der Waals surface area contributed by atoms with Crippen LogP contribution in [0.3, 0.4) is 0 Å². The van der Waals surface area contributed by atoms with Gasteiger partial charge in [0.1, 0.15) is 0 Å². The van der Waals surface area contributed by atoms with Gasteiger partial charge in [0.05, 0.1) is 12.2 Å². The highest BCUT2D eigenvalue weighted by atomic mass is 16.6. The van der Waals surface area contributed by atoms with Crippen LogP contribution in [-0.4, -0.2) is 36.4 Å². The molecule has 4 nitrogen and oxygen atoms in total. The third-order valence-corrected chi connectivity index (χ3v) is 4.23. The minimum absolute atomic E-state index is 0.0232. The summed E-state index contributed by atoms with van der Waals surface area (Å²) in [5.41, 5.74) is 1.22. The molecule has 0 saturated carbocycles. The average Bonchev–Trinajstić information content (AvgIpc) is 2.88. The van der Waals surface area contributed by atoms with Gasteiger partial charge in [0.2, 0.25) is 0 Å². The molecule has 1 aromatic heterocycles. The Morgan fingerprint density at radius 1 is 1.47 bits per heavy atom. The first-order valence-electron chi connectivity index (χ1n) is 7.15. The molecule has 3 rings (SSSR count). The Morgan fingerprint density at radius 2 is 2.42 bits per heavy atom. The van der Waals surface area contributed by atoms with E-state index >= 15 is 0 Å². The van der Waals surface area contributed by atoms with E-state index in [0.717, 1.165) is 39.1 Å². The molecule has 2 aliphatic rings. The number of nitrogens with one attached hydrogen (secondary N) is 1. The van der Waals surface area contributed by atoms with Crippen molar-refractivity contribution in [2.75, 3.05) is 19.8 Å². The van der Waals surface area contributed by atoms with Gasteiger partial charge >= 0.3 is 0 Å². The van der Waals surface area contributed by atoms with Crippen molar-refractivity contribution >= 4 is 0 Å². The van der Waals surface area contributed by atoms with Crippen LogP contribution < -0.4 is 5.32 Å². The SMILES string of the molecule is C[C@H](NC1CCOC2(CCOC2)C1)c1cccnc1. The van der Waals surface area contributed by atoms with Crippen LogP contribution in [0.25, 0.3) is 0 Å². The van der Waals surface area contributed by atoms with Crippen LogP contribution in [0.5, 0.6) is 0 Å². The molecule has 19 heavy (non-hydrogen) atoms. The summed E-state index contributed by atoms with van der Waals surface area (Å²) in [5, 5.41) is 3.71. The van der Waals surface area contributed by atoms with Crippen LogP contribution in [0.2, 0.25) is 0 Å². The number of ether oxygens (including phenoxy) is 2. The molecule has 0 aromatic carbocycles. The van der Waals surface area contributed by atoms with Crippen molar-refractivity contribution in [3.8, 4) is 0 Å². The largest absolute Gasteiger partial charge is 0.378 e. The molecule has 4 heteroatoms. The minimum Gasteiger partial charge on any atom is -0.378 e. The lowest BCUT2D eigenvalue weighted by atomic mass is 9.89. The zero-order valence-corrected chi connectivity index (χ0v) is 11.5. The van der Waals surface area contributed by atoms with E-state index in [1.54, 1.807) is 0 Å². The first-order valence-corrected chi connectivity index (χ1v) is 7.15. The molecule has 0 radical (unpaired) electrons. The van der Waals surface area contributed by atoms with Gasteiger partial charge in [-0.25, -0.2) is 0 Å². The van der Waals surface area contributed by atoms with Crippen LogP contribution in [-0.2, 0) is 9.47 Å². The number of hydrogen-bond acceptors (Lipinski definition) is 4. The lowest BCUT2D eigenvalue weighted by Gasteiger charge is -2.38. The summed E-state index contributed by atoms with van der Waals surface area (Å²) in [6.07, 6.45) is 6.91. The predicted octanol–water partition coefficient (Wildman–Crippen LogP) is 2.07. The highest BCUT2D eigenvalue weighted by Crippen LogP contribution is 2.33. The maximum Gasteiger partial charge on any atom is 0.0951 e. The van der Waals surface area contributed by atoms with E-state index in [0.29, 0.717) is 12.1 Å². The monoisotopic (exact) mass is 262 g/mol. The molecular weight excluding hydrogens is 240 g/mol. The third kappa shape index (κ3) is 2.96. The van der Waals surface area contributed by atoms with Gasteiger partial charge in [-0.05, 0) is 31.4 Å². The van der Waals surface area contributed by atoms with Gasteiger partial charge in [-0.3, -0.25) is 4.98 Å². The summed E-state index contributed by atoms with van der Waals surface area (Å²) in [4.78, 5) is 4.19. The second kappa shape index (κ2) is 5.57. The van der Waals surface area contributed by atoms with E-state index in [1.165, 1.54) is 5.56 Å². The van der Waals surface area contributed by atoms with Gasteiger partial charge in [-0.2, -0.15) is 0 Å². The molecule has 1 N–H and O–H groups in total. The number of rotatable bonds is 3. The molecule has 2 fully saturated rings. The van der Waals surface area contributed by atoms with Crippen LogP contribution in [0.15, 0.2) is 24.5 Å². The molecule has 3 atom stereocenters. The topological polar surface area (TPSA) is 43.4 Å². The Kier molecular flexibility index (Phi) is 3.82. The molecule has 2 aliphatic heterocycles. The third-order valence-electron chi connectivity index (χ3n) is 4.23. The van der Waals surface area contributed by atoms with Crippen molar-refractivity contribution in [3.63, 3.8) is 0 Å². The summed E-state index contributed by atoms with van der Waals surface area (Å²) >= 11 is 0. The molecule has 1 spiro atoms. The van der Waals surface area contributed by atoms with Gasteiger partial charge in [0.15, 0.2) is 0 Å². The zero-order valence-electron chi connectivity index (χ0n) is 11.5. The van der Waals surface area contributed by atoms with Crippen LogP contribution in [0, 0.1) is 0 Å². The van der Waals surface area contributed by atoms with E-state index < -0.39 is 0 Å². The van der Waals surface area contributed by atoms with Crippen molar-refractivity contribution in [2.45, 2.75) is 43.9 Å². The van der Waals surface area contributed by atoms with Crippen molar-refractivity contribution in [1.29, 1.82) is 0 Å². The van der Waals surface area contributed by atoms with E-state index in [1.807, 2.05) is 18.5 Å². The zero-order chi connectivity index (χ0) is 13.1. The molecule has 2 saturated heterocycles. The predicted molar refractivity (Wildman–Crippen MR) is 72.9 cm³/mol. The van der Waals surface area contributed by atoms with Crippen LogP contribution in [0.4, 0.5) is 0 Å². The second-order valence-electron chi connectivity index (χ2n) is 5.70. The Balaban J connectivity index is 1.60. The molecule has 3 heterocycles. The maximum atomic E-state index is 5.97. The van der Waals surface area contributed by atoms with E-state index in [-0.39, 0.29) is 5.60 Å². The molecule has 0 aliphatic carbocycles. The molecule has 2 unspecified atom stereocenters. The summed E-state index contributed by atoms with van der Waals surface area (Å²) in [6.45, 7) is 4.63. The first kappa shape index (κ1) is 13.0. The molecule has 0 bridgehead atoms.